The van der Waals surface area contributed by atoms with Crippen LogP contribution in [0.3, 0.4) is 0 Å². The second-order valence-electron chi connectivity index (χ2n) is 4.05. The monoisotopic (exact) mass is 173 g/mol. The molecule has 0 spiro atoms. The van der Waals surface area contributed by atoms with Crippen molar-refractivity contribution in [1.82, 2.24) is 4.90 Å². The molecule has 0 bridgehead atoms. The van der Waals surface area contributed by atoms with Crippen LogP contribution >= 0.6 is 0 Å². The van der Waals surface area contributed by atoms with Gasteiger partial charge in [-0.25, -0.2) is 0 Å². The van der Waals surface area contributed by atoms with Gasteiger partial charge in [-0.1, -0.05) is 13.8 Å². The Labute approximate surface area is 74.4 Å². The zero-order valence-electron chi connectivity index (χ0n) is 8.37. The molecule has 0 aromatic rings. The van der Waals surface area contributed by atoms with E-state index in [-0.39, 0.29) is 18.1 Å². The van der Waals surface area contributed by atoms with E-state index in [9.17, 15) is 4.79 Å². The first-order valence-corrected chi connectivity index (χ1v) is 4.20. The number of carbonyl (C=O) groups excluding carboxylic acids is 1. The third-order valence-electron chi connectivity index (χ3n) is 1.99. The number of rotatable bonds is 5. The Morgan fingerprint density at radius 2 is 2.08 bits per heavy atom. The van der Waals surface area contributed by atoms with Crippen LogP contribution in [0.15, 0.2) is 0 Å². The molecule has 72 valence electrons. The molecule has 3 heteroatoms. The fraction of sp³-hybridized carbons (Fsp3) is 0.889. The Bertz CT molecular complexity index is 145. The molecule has 0 saturated carbocycles. The molecular weight excluding hydrogens is 154 g/mol. The zero-order valence-corrected chi connectivity index (χ0v) is 8.37. The van der Waals surface area contributed by atoms with Crippen LogP contribution in [0.4, 0.5) is 0 Å². The third-order valence-corrected chi connectivity index (χ3v) is 1.99. The Hall–Kier alpha value is -0.410. The van der Waals surface area contributed by atoms with Crippen molar-refractivity contribution in [3.8, 4) is 0 Å². The summed E-state index contributed by atoms with van der Waals surface area (Å²) >= 11 is 0. The van der Waals surface area contributed by atoms with Crippen molar-refractivity contribution in [1.29, 1.82) is 0 Å². The van der Waals surface area contributed by atoms with Gasteiger partial charge in [0.15, 0.2) is 0 Å². The van der Waals surface area contributed by atoms with Crippen LogP contribution in [-0.2, 0) is 4.79 Å². The van der Waals surface area contributed by atoms with Crippen molar-refractivity contribution < 1.29 is 9.90 Å². The Balaban J connectivity index is 3.98. The van der Waals surface area contributed by atoms with Crippen LogP contribution in [0, 0.1) is 5.41 Å². The van der Waals surface area contributed by atoms with Crippen molar-refractivity contribution in [2.45, 2.75) is 26.8 Å². The van der Waals surface area contributed by atoms with Crippen molar-refractivity contribution in [2.75, 3.05) is 20.2 Å². The number of likely N-dealkylation sites (N-methyl/N-ethyl adjacent to an activating group) is 1. The van der Waals surface area contributed by atoms with E-state index in [0.717, 1.165) is 6.29 Å². The molecule has 0 heterocycles. The minimum Gasteiger partial charge on any atom is -0.395 e. The van der Waals surface area contributed by atoms with Gasteiger partial charge in [0.05, 0.1) is 6.61 Å². The number of hydrogen-bond donors (Lipinski definition) is 1. The lowest BCUT2D eigenvalue weighted by Crippen LogP contribution is -2.39. The summed E-state index contributed by atoms with van der Waals surface area (Å²) in [6.45, 7) is 6.52. The lowest BCUT2D eigenvalue weighted by molar-refractivity contribution is -0.115. The van der Waals surface area contributed by atoms with Gasteiger partial charge in [0.2, 0.25) is 0 Å². The molecule has 0 amide bonds. The summed E-state index contributed by atoms with van der Waals surface area (Å²) in [5.41, 5.74) is -0.321. The summed E-state index contributed by atoms with van der Waals surface area (Å²) < 4.78 is 0. The van der Waals surface area contributed by atoms with Gasteiger partial charge in [0.25, 0.3) is 0 Å². The number of aliphatic hydroxyl groups excluding tert-OH is 1. The first-order chi connectivity index (χ1) is 5.43. The maximum Gasteiger partial charge on any atom is 0.126 e. The van der Waals surface area contributed by atoms with E-state index < -0.39 is 0 Å². The highest BCUT2D eigenvalue weighted by molar-refractivity contribution is 5.58. The molecule has 0 aliphatic rings. The van der Waals surface area contributed by atoms with Crippen LogP contribution < -0.4 is 0 Å². The summed E-state index contributed by atoms with van der Waals surface area (Å²) in [4.78, 5) is 12.6. The Morgan fingerprint density at radius 1 is 1.58 bits per heavy atom. The Morgan fingerprint density at radius 3 is 2.42 bits per heavy atom. The van der Waals surface area contributed by atoms with Gasteiger partial charge in [-0.3, -0.25) is 0 Å². The van der Waals surface area contributed by atoms with Gasteiger partial charge >= 0.3 is 0 Å². The number of aliphatic hydroxyl groups is 1. The number of nitrogens with zero attached hydrogens (tertiary/aromatic N) is 1. The molecule has 0 rings (SSSR count). The van der Waals surface area contributed by atoms with E-state index in [1.807, 2.05) is 32.7 Å². The molecule has 0 aromatic carbocycles. The normalized spacial score (nSPS) is 14.8. The highest BCUT2D eigenvalue weighted by Gasteiger charge is 2.21. The van der Waals surface area contributed by atoms with Gasteiger partial charge in [0, 0.05) is 18.0 Å². The van der Waals surface area contributed by atoms with E-state index in [4.69, 9.17) is 5.11 Å². The van der Waals surface area contributed by atoms with E-state index >= 15 is 0 Å². The number of aldehydes is 1. The van der Waals surface area contributed by atoms with E-state index in [0.29, 0.717) is 6.54 Å². The van der Waals surface area contributed by atoms with Gasteiger partial charge in [-0.15, -0.1) is 0 Å². The molecule has 0 aromatic heterocycles. The summed E-state index contributed by atoms with van der Waals surface area (Å²) in [5.74, 6) is 0. The Kier molecular flexibility index (Phi) is 4.42. The topological polar surface area (TPSA) is 40.5 Å². The van der Waals surface area contributed by atoms with Gasteiger partial charge in [0.1, 0.15) is 6.29 Å². The molecular formula is C9H19NO2. The maximum absolute atomic E-state index is 10.6. The SMILES string of the molecule is CC(CO)N(C)CC(C)(C)C=O. The van der Waals surface area contributed by atoms with Crippen molar-refractivity contribution in [3.05, 3.63) is 0 Å². The first kappa shape index (κ1) is 11.6. The third kappa shape index (κ3) is 3.83. The molecule has 1 unspecified atom stereocenters. The number of carbonyl (C=O) groups is 1. The number of hydrogen-bond acceptors (Lipinski definition) is 3. The van der Waals surface area contributed by atoms with Crippen LogP contribution in [0.2, 0.25) is 0 Å². The quantitative estimate of drug-likeness (QED) is 0.616. The second-order valence-corrected chi connectivity index (χ2v) is 4.05. The molecule has 0 aliphatic heterocycles. The second kappa shape index (κ2) is 4.58. The van der Waals surface area contributed by atoms with Gasteiger partial charge < -0.3 is 14.8 Å². The lowest BCUT2D eigenvalue weighted by atomic mass is 9.95. The highest BCUT2D eigenvalue weighted by atomic mass is 16.3. The molecule has 12 heavy (non-hydrogen) atoms. The van der Waals surface area contributed by atoms with Crippen molar-refractivity contribution in [2.24, 2.45) is 5.41 Å². The van der Waals surface area contributed by atoms with Crippen molar-refractivity contribution in [3.63, 3.8) is 0 Å². The lowest BCUT2D eigenvalue weighted by Gasteiger charge is -2.29. The minimum absolute atomic E-state index is 0.115. The smallest absolute Gasteiger partial charge is 0.126 e. The van der Waals surface area contributed by atoms with Crippen molar-refractivity contribution >= 4 is 6.29 Å². The summed E-state index contributed by atoms with van der Waals surface area (Å²) in [6, 6.07) is 0.115. The summed E-state index contributed by atoms with van der Waals surface area (Å²) in [6.07, 6.45) is 0.952. The van der Waals surface area contributed by atoms with Gasteiger partial charge in [-0.05, 0) is 14.0 Å². The van der Waals surface area contributed by atoms with E-state index in [2.05, 4.69) is 0 Å². The van der Waals surface area contributed by atoms with Crippen LogP contribution in [0.1, 0.15) is 20.8 Å². The first-order valence-electron chi connectivity index (χ1n) is 4.20. The molecule has 1 N–H and O–H groups in total. The van der Waals surface area contributed by atoms with E-state index in [1.165, 1.54) is 0 Å². The fourth-order valence-electron chi connectivity index (χ4n) is 0.975. The van der Waals surface area contributed by atoms with Crippen LogP contribution in [0.5, 0.6) is 0 Å². The fourth-order valence-corrected chi connectivity index (χ4v) is 0.975. The summed E-state index contributed by atoms with van der Waals surface area (Å²) in [5, 5.41) is 8.84. The molecule has 0 radical (unpaired) electrons. The molecule has 3 nitrogen and oxygen atoms in total. The van der Waals surface area contributed by atoms with E-state index in [1.54, 1.807) is 0 Å². The molecule has 0 fully saturated rings. The van der Waals surface area contributed by atoms with Crippen LogP contribution in [-0.4, -0.2) is 42.5 Å². The summed E-state index contributed by atoms with van der Waals surface area (Å²) in [7, 11) is 1.91. The predicted molar refractivity (Wildman–Crippen MR) is 49.0 cm³/mol. The average molecular weight is 173 g/mol. The maximum atomic E-state index is 10.6. The largest absolute Gasteiger partial charge is 0.395 e. The molecule has 1 atom stereocenters. The molecule has 0 aliphatic carbocycles. The predicted octanol–water partition coefficient (Wildman–Crippen LogP) is 0.524. The van der Waals surface area contributed by atoms with Gasteiger partial charge in [-0.2, -0.15) is 0 Å². The minimum atomic E-state index is -0.321. The highest BCUT2D eigenvalue weighted by Crippen LogP contribution is 2.13. The molecule has 0 saturated heterocycles. The van der Waals surface area contributed by atoms with Crippen LogP contribution in [0.25, 0.3) is 0 Å². The zero-order chi connectivity index (χ0) is 9.78. The standard InChI is InChI=1S/C9H19NO2/c1-8(5-11)10(4)6-9(2,3)7-12/h7-8,11H,5-6H2,1-4H3. The average Bonchev–Trinajstić information content (AvgIpc) is 2.02.